The molecule has 0 amide bonds. The molecule has 1 aliphatic heterocycles. The van der Waals surface area contributed by atoms with E-state index in [4.69, 9.17) is 0 Å². The van der Waals surface area contributed by atoms with E-state index >= 15 is 0 Å². The van der Waals surface area contributed by atoms with Gasteiger partial charge in [0.1, 0.15) is 11.3 Å². The van der Waals surface area contributed by atoms with E-state index in [2.05, 4.69) is 23.4 Å². The first-order valence-corrected chi connectivity index (χ1v) is 8.57. The monoisotopic (exact) mass is 304 g/mol. The molecule has 1 aromatic carbocycles. The van der Waals surface area contributed by atoms with E-state index < -0.39 is 5.97 Å². The fraction of sp³-hybridized carbons (Fsp3) is 0.500. The van der Waals surface area contributed by atoms with Gasteiger partial charge in [0.15, 0.2) is 0 Å². The van der Waals surface area contributed by atoms with Crippen molar-refractivity contribution < 1.29 is 9.90 Å². The predicted molar refractivity (Wildman–Crippen MR) is 86.4 cm³/mol. The van der Waals surface area contributed by atoms with E-state index in [1.54, 1.807) is 6.07 Å². The van der Waals surface area contributed by atoms with Gasteiger partial charge in [0.05, 0.1) is 11.1 Å². The lowest BCUT2D eigenvalue weighted by Crippen LogP contribution is -2.19. The normalized spacial score (nSPS) is 19.3. The molecule has 1 aliphatic rings. The number of benzene rings is 1. The first-order valence-electron chi connectivity index (χ1n) is 7.41. The Labute approximate surface area is 128 Å². The number of carboxylic acid groups (broad SMARTS) is 1. The number of hydrogen-bond acceptors (Lipinski definition) is 3. The SMILES string of the molecule is CC(C)c1nc2c(C(=O)O)cccc2n1C1CCCSC1. The number of aromatic carboxylic acids is 1. The van der Waals surface area contributed by atoms with Gasteiger partial charge in [-0.1, -0.05) is 19.9 Å². The summed E-state index contributed by atoms with van der Waals surface area (Å²) in [5.74, 6) is 2.69. The summed E-state index contributed by atoms with van der Waals surface area (Å²) < 4.78 is 2.29. The molecule has 112 valence electrons. The molecule has 1 fully saturated rings. The molecule has 0 radical (unpaired) electrons. The largest absolute Gasteiger partial charge is 0.478 e. The average molecular weight is 304 g/mol. The van der Waals surface area contributed by atoms with E-state index in [1.807, 2.05) is 23.9 Å². The van der Waals surface area contributed by atoms with E-state index in [-0.39, 0.29) is 5.92 Å². The molecule has 2 heterocycles. The van der Waals surface area contributed by atoms with Crippen LogP contribution in [0.3, 0.4) is 0 Å². The number of para-hydroxylation sites is 1. The summed E-state index contributed by atoms with van der Waals surface area (Å²) >= 11 is 1.98. The van der Waals surface area contributed by atoms with Crippen molar-refractivity contribution >= 4 is 28.8 Å². The Balaban J connectivity index is 2.22. The van der Waals surface area contributed by atoms with Crippen LogP contribution in [0.4, 0.5) is 0 Å². The second-order valence-electron chi connectivity index (χ2n) is 5.84. The lowest BCUT2D eigenvalue weighted by Gasteiger charge is -2.26. The molecule has 1 N–H and O–H groups in total. The molecule has 4 nitrogen and oxygen atoms in total. The number of carboxylic acids is 1. The van der Waals surface area contributed by atoms with Crippen LogP contribution in [-0.2, 0) is 0 Å². The third kappa shape index (κ3) is 2.55. The predicted octanol–water partition coefficient (Wildman–Crippen LogP) is 3.93. The number of fused-ring (bicyclic) bond motifs is 1. The smallest absolute Gasteiger partial charge is 0.337 e. The van der Waals surface area contributed by atoms with Crippen LogP contribution in [0.25, 0.3) is 11.0 Å². The summed E-state index contributed by atoms with van der Waals surface area (Å²) in [6.07, 6.45) is 2.36. The molecule has 5 heteroatoms. The average Bonchev–Trinajstić information content (AvgIpc) is 2.87. The van der Waals surface area contributed by atoms with Gasteiger partial charge in [-0.3, -0.25) is 0 Å². The minimum Gasteiger partial charge on any atom is -0.478 e. The van der Waals surface area contributed by atoms with Crippen LogP contribution < -0.4 is 0 Å². The Morgan fingerprint density at radius 2 is 2.29 bits per heavy atom. The zero-order valence-electron chi connectivity index (χ0n) is 12.4. The van der Waals surface area contributed by atoms with Gasteiger partial charge < -0.3 is 9.67 Å². The Bertz CT molecular complexity index is 672. The summed E-state index contributed by atoms with van der Waals surface area (Å²) in [5, 5.41) is 9.38. The maximum atomic E-state index is 11.4. The molecule has 0 bridgehead atoms. The van der Waals surface area contributed by atoms with Gasteiger partial charge >= 0.3 is 5.97 Å². The highest BCUT2D eigenvalue weighted by atomic mass is 32.2. The first kappa shape index (κ1) is 14.4. The van der Waals surface area contributed by atoms with Crippen LogP contribution in [0.2, 0.25) is 0 Å². The molecule has 2 aromatic rings. The number of hydrogen-bond donors (Lipinski definition) is 1. The minimum absolute atomic E-state index is 0.283. The Hall–Kier alpha value is -1.49. The minimum atomic E-state index is -0.904. The Morgan fingerprint density at radius 3 is 2.90 bits per heavy atom. The zero-order chi connectivity index (χ0) is 15.0. The quantitative estimate of drug-likeness (QED) is 0.933. The molecule has 0 saturated carbocycles. The van der Waals surface area contributed by atoms with Gasteiger partial charge in [-0.05, 0) is 30.7 Å². The van der Waals surface area contributed by atoms with Crippen molar-refractivity contribution in [3.8, 4) is 0 Å². The van der Waals surface area contributed by atoms with Crippen LogP contribution in [0, 0.1) is 0 Å². The van der Waals surface area contributed by atoms with Crippen molar-refractivity contribution in [1.29, 1.82) is 0 Å². The fourth-order valence-electron chi connectivity index (χ4n) is 3.03. The van der Waals surface area contributed by atoms with Crippen molar-refractivity contribution in [2.24, 2.45) is 0 Å². The number of imidazole rings is 1. The van der Waals surface area contributed by atoms with Gasteiger partial charge in [-0.25, -0.2) is 9.78 Å². The van der Waals surface area contributed by atoms with Crippen molar-refractivity contribution in [3.05, 3.63) is 29.6 Å². The molecule has 21 heavy (non-hydrogen) atoms. The zero-order valence-corrected chi connectivity index (χ0v) is 13.2. The molecule has 1 atom stereocenters. The lowest BCUT2D eigenvalue weighted by molar-refractivity contribution is 0.0699. The lowest BCUT2D eigenvalue weighted by atomic mass is 10.1. The number of rotatable bonds is 3. The molecule has 1 unspecified atom stereocenters. The molecule has 0 spiro atoms. The van der Waals surface area contributed by atoms with E-state index in [1.165, 1.54) is 12.2 Å². The van der Waals surface area contributed by atoms with Gasteiger partial charge in [-0.2, -0.15) is 11.8 Å². The molecule has 1 aromatic heterocycles. The second-order valence-corrected chi connectivity index (χ2v) is 6.99. The molecular weight excluding hydrogens is 284 g/mol. The standard InChI is InChI=1S/C16H20N2O2S/c1-10(2)15-17-14-12(16(19)20)6-3-7-13(14)18(15)11-5-4-8-21-9-11/h3,6-7,10-11H,4-5,8-9H2,1-2H3,(H,19,20). The number of carbonyl (C=O) groups is 1. The van der Waals surface area contributed by atoms with Gasteiger partial charge in [0.2, 0.25) is 0 Å². The van der Waals surface area contributed by atoms with E-state index in [9.17, 15) is 9.90 Å². The molecular formula is C16H20N2O2S. The maximum Gasteiger partial charge on any atom is 0.337 e. The molecule has 0 aliphatic carbocycles. The first-order chi connectivity index (χ1) is 10.1. The number of aromatic nitrogens is 2. The summed E-state index contributed by atoms with van der Waals surface area (Å²) in [4.78, 5) is 16.1. The van der Waals surface area contributed by atoms with Crippen molar-refractivity contribution in [3.63, 3.8) is 0 Å². The second kappa shape index (κ2) is 5.72. The van der Waals surface area contributed by atoms with Crippen LogP contribution in [-0.4, -0.2) is 32.1 Å². The van der Waals surface area contributed by atoms with Gasteiger partial charge in [0, 0.05) is 17.7 Å². The van der Waals surface area contributed by atoms with Crippen LogP contribution in [0.1, 0.15) is 54.8 Å². The van der Waals surface area contributed by atoms with Crippen LogP contribution in [0.15, 0.2) is 18.2 Å². The summed E-state index contributed by atoms with van der Waals surface area (Å²) in [6, 6.07) is 5.89. The molecule has 1 saturated heterocycles. The molecule has 3 rings (SSSR count). The third-order valence-electron chi connectivity index (χ3n) is 4.00. The number of nitrogens with zero attached hydrogens (tertiary/aromatic N) is 2. The number of thioether (sulfide) groups is 1. The highest BCUT2D eigenvalue weighted by Crippen LogP contribution is 2.34. The van der Waals surface area contributed by atoms with Crippen molar-refractivity contribution in [1.82, 2.24) is 9.55 Å². The van der Waals surface area contributed by atoms with Crippen LogP contribution >= 0.6 is 11.8 Å². The summed E-state index contributed by atoms with van der Waals surface area (Å²) in [7, 11) is 0. The topological polar surface area (TPSA) is 55.1 Å². The van der Waals surface area contributed by atoms with E-state index in [0.29, 0.717) is 17.1 Å². The van der Waals surface area contributed by atoms with Crippen molar-refractivity contribution in [2.45, 2.75) is 38.6 Å². The highest BCUT2D eigenvalue weighted by molar-refractivity contribution is 7.99. The summed E-state index contributed by atoms with van der Waals surface area (Å²) in [6.45, 7) is 4.24. The maximum absolute atomic E-state index is 11.4. The van der Waals surface area contributed by atoms with Crippen LogP contribution in [0.5, 0.6) is 0 Å². The highest BCUT2D eigenvalue weighted by Gasteiger charge is 2.24. The van der Waals surface area contributed by atoms with Crippen molar-refractivity contribution in [2.75, 3.05) is 11.5 Å². The summed E-state index contributed by atoms with van der Waals surface area (Å²) in [5.41, 5.74) is 1.90. The Kier molecular flexibility index (Phi) is 3.93. The van der Waals surface area contributed by atoms with Gasteiger partial charge in [-0.15, -0.1) is 0 Å². The van der Waals surface area contributed by atoms with Gasteiger partial charge in [0.25, 0.3) is 0 Å². The fourth-order valence-corrected chi connectivity index (χ4v) is 4.15. The van der Waals surface area contributed by atoms with E-state index in [0.717, 1.165) is 23.5 Å². The third-order valence-corrected chi connectivity index (χ3v) is 5.19. The Morgan fingerprint density at radius 1 is 1.48 bits per heavy atom.